The van der Waals surface area contributed by atoms with Crippen molar-refractivity contribution in [1.82, 2.24) is 14.9 Å². The molecule has 8 nitrogen and oxygen atoms in total. The Labute approximate surface area is 236 Å². The quantitative estimate of drug-likeness (QED) is 0.442. The summed E-state index contributed by atoms with van der Waals surface area (Å²) in [6.45, 7) is 5.77. The van der Waals surface area contributed by atoms with E-state index in [1.54, 1.807) is 4.90 Å². The van der Waals surface area contributed by atoms with E-state index >= 15 is 0 Å². The monoisotopic (exact) mass is 567 g/mol. The number of amides is 2. The molecule has 0 aliphatic carbocycles. The molecule has 0 saturated carbocycles. The lowest BCUT2D eigenvalue weighted by Crippen LogP contribution is -2.54. The maximum atomic E-state index is 12.9. The number of benzene rings is 2. The van der Waals surface area contributed by atoms with Gasteiger partial charge in [-0.1, -0.05) is 25.1 Å². The van der Waals surface area contributed by atoms with Gasteiger partial charge in [0.1, 0.15) is 17.2 Å². The normalized spacial score (nSPS) is 20.3. The minimum Gasteiger partial charge on any atom is -0.487 e. The van der Waals surface area contributed by atoms with Crippen molar-refractivity contribution in [3.63, 3.8) is 0 Å². The Kier molecular flexibility index (Phi) is 7.23. The number of nitrogens with one attached hydrogen (secondary N) is 1. The van der Waals surface area contributed by atoms with Crippen molar-refractivity contribution in [2.24, 2.45) is 5.92 Å². The maximum Gasteiger partial charge on any atom is 0.434 e. The lowest BCUT2D eigenvalue weighted by molar-refractivity contribution is -0.141. The molecule has 1 N–H and O–H groups in total. The average Bonchev–Trinajstić information content (AvgIpc) is 2.98. The summed E-state index contributed by atoms with van der Waals surface area (Å²) < 4.78 is 50.5. The molecular formula is C30H32F3N5O3. The SMILES string of the molecule is CC1Cc2cc(-c3ccc(NC(=O)N4CCOCC4)cc3)ccc2OC12CCN(c1cnc(C(F)(F)F)cn1)CC2. The zero-order valence-electron chi connectivity index (χ0n) is 22.8. The number of carbonyl (C=O) groups excluding carboxylic acids is 1. The number of ether oxygens (including phenoxy) is 2. The van der Waals surface area contributed by atoms with Crippen LogP contribution >= 0.6 is 0 Å². The van der Waals surface area contributed by atoms with Crippen LogP contribution < -0.4 is 15.0 Å². The first kappa shape index (κ1) is 27.3. The summed E-state index contributed by atoms with van der Waals surface area (Å²) in [5.74, 6) is 1.60. The van der Waals surface area contributed by atoms with Crippen molar-refractivity contribution in [2.45, 2.75) is 38.0 Å². The number of carbonyl (C=O) groups is 1. The summed E-state index contributed by atoms with van der Waals surface area (Å²) in [7, 11) is 0. The van der Waals surface area contributed by atoms with Gasteiger partial charge < -0.3 is 24.6 Å². The van der Waals surface area contributed by atoms with Crippen molar-refractivity contribution in [3.8, 4) is 16.9 Å². The van der Waals surface area contributed by atoms with E-state index in [2.05, 4.69) is 34.3 Å². The van der Waals surface area contributed by atoms with Gasteiger partial charge >= 0.3 is 12.2 Å². The summed E-state index contributed by atoms with van der Waals surface area (Å²) >= 11 is 0. The highest BCUT2D eigenvalue weighted by Gasteiger charge is 2.45. The first-order valence-corrected chi connectivity index (χ1v) is 13.9. The second-order valence-electron chi connectivity index (χ2n) is 10.9. The topological polar surface area (TPSA) is 79.8 Å². The van der Waals surface area contributed by atoms with Crippen molar-refractivity contribution < 1.29 is 27.4 Å². The van der Waals surface area contributed by atoms with Gasteiger partial charge in [-0.05, 0) is 47.4 Å². The van der Waals surface area contributed by atoms with Crippen LogP contribution in [0.25, 0.3) is 11.1 Å². The van der Waals surface area contributed by atoms with Gasteiger partial charge in [0, 0.05) is 50.6 Å². The Hall–Kier alpha value is -3.86. The molecule has 11 heteroatoms. The molecule has 2 fully saturated rings. The van der Waals surface area contributed by atoms with Gasteiger partial charge in [0.05, 0.1) is 25.6 Å². The Morgan fingerprint density at radius 1 is 0.976 bits per heavy atom. The zero-order valence-corrected chi connectivity index (χ0v) is 22.8. The van der Waals surface area contributed by atoms with E-state index in [4.69, 9.17) is 9.47 Å². The van der Waals surface area contributed by atoms with Crippen LogP contribution in [0.15, 0.2) is 54.9 Å². The number of anilines is 2. The van der Waals surface area contributed by atoms with Crippen LogP contribution in [-0.4, -0.2) is 65.9 Å². The van der Waals surface area contributed by atoms with Crippen LogP contribution in [-0.2, 0) is 17.3 Å². The highest BCUT2D eigenvalue weighted by molar-refractivity contribution is 5.89. The highest BCUT2D eigenvalue weighted by atomic mass is 19.4. The number of nitrogens with zero attached hydrogens (tertiary/aromatic N) is 4. The van der Waals surface area contributed by atoms with Crippen LogP contribution in [0.1, 0.15) is 31.0 Å². The van der Waals surface area contributed by atoms with Gasteiger partial charge in [-0.15, -0.1) is 0 Å². The third-order valence-corrected chi connectivity index (χ3v) is 8.43. The largest absolute Gasteiger partial charge is 0.487 e. The third-order valence-electron chi connectivity index (χ3n) is 8.43. The maximum absolute atomic E-state index is 12.9. The van der Waals surface area contributed by atoms with Crippen molar-refractivity contribution in [2.75, 3.05) is 49.6 Å². The van der Waals surface area contributed by atoms with Crippen LogP contribution in [0.4, 0.5) is 29.5 Å². The van der Waals surface area contributed by atoms with Crippen LogP contribution in [0.5, 0.6) is 5.75 Å². The lowest BCUT2D eigenvalue weighted by atomic mass is 9.75. The van der Waals surface area contributed by atoms with Crippen LogP contribution in [0, 0.1) is 5.92 Å². The lowest BCUT2D eigenvalue weighted by Gasteiger charge is -2.48. The van der Waals surface area contributed by atoms with Crippen molar-refractivity contribution in [1.29, 1.82) is 0 Å². The Bertz CT molecular complexity index is 1380. The predicted octanol–water partition coefficient (Wildman–Crippen LogP) is 5.64. The number of piperidine rings is 1. The molecule has 1 atom stereocenters. The summed E-state index contributed by atoms with van der Waals surface area (Å²) in [6.07, 6.45) is -0.140. The van der Waals surface area contributed by atoms with Crippen LogP contribution in [0.2, 0.25) is 0 Å². The van der Waals surface area contributed by atoms with Crippen molar-refractivity contribution >= 4 is 17.5 Å². The predicted molar refractivity (Wildman–Crippen MR) is 148 cm³/mol. The standard InChI is InChI=1S/C30H32F3N5O3/c1-20-16-23-17-22(21-2-5-24(6-3-21)36-28(39)38-12-14-40-15-13-38)4-7-25(23)41-29(20)8-10-37(11-9-29)27-19-34-26(18-35-27)30(31,32)33/h2-7,17-20H,8-16H2,1H3,(H,36,39). The molecule has 2 aromatic carbocycles. The number of morpholine rings is 1. The Balaban J connectivity index is 1.10. The fourth-order valence-electron chi connectivity index (χ4n) is 5.91. The molecule has 3 aromatic rings. The summed E-state index contributed by atoms with van der Waals surface area (Å²) in [5.41, 5.74) is 2.72. The number of urea groups is 1. The van der Waals surface area contributed by atoms with Gasteiger partial charge in [-0.2, -0.15) is 13.2 Å². The molecule has 6 rings (SSSR count). The number of hydrogen-bond acceptors (Lipinski definition) is 6. The second-order valence-corrected chi connectivity index (χ2v) is 10.9. The fraction of sp³-hybridized carbons (Fsp3) is 0.433. The molecule has 0 bridgehead atoms. The molecule has 1 spiro atoms. The molecule has 3 aliphatic rings. The first-order chi connectivity index (χ1) is 19.7. The minimum absolute atomic E-state index is 0.118. The van der Waals surface area contributed by atoms with E-state index < -0.39 is 11.9 Å². The molecule has 4 heterocycles. The molecule has 1 unspecified atom stereocenters. The van der Waals surface area contributed by atoms with E-state index in [0.717, 1.165) is 53.6 Å². The van der Waals surface area contributed by atoms with Crippen LogP contribution in [0.3, 0.4) is 0 Å². The molecule has 216 valence electrons. The molecule has 0 radical (unpaired) electrons. The highest BCUT2D eigenvalue weighted by Crippen LogP contribution is 2.44. The molecule has 1 aromatic heterocycles. The number of halogens is 3. The average molecular weight is 568 g/mol. The second kappa shape index (κ2) is 10.8. The Morgan fingerprint density at radius 3 is 2.34 bits per heavy atom. The molecular weight excluding hydrogens is 535 g/mol. The zero-order chi connectivity index (χ0) is 28.6. The van der Waals surface area contributed by atoms with Gasteiger partial charge in [-0.25, -0.2) is 14.8 Å². The molecule has 2 saturated heterocycles. The molecule has 3 aliphatic heterocycles. The van der Waals surface area contributed by atoms with Gasteiger partial charge in [0.15, 0.2) is 5.69 Å². The molecule has 2 amide bonds. The summed E-state index contributed by atoms with van der Waals surface area (Å²) in [4.78, 5) is 23.8. The van der Waals surface area contributed by atoms with E-state index in [1.807, 2.05) is 35.2 Å². The summed E-state index contributed by atoms with van der Waals surface area (Å²) in [6, 6.07) is 14.0. The number of fused-ring (bicyclic) bond motifs is 1. The summed E-state index contributed by atoms with van der Waals surface area (Å²) in [5, 5.41) is 2.96. The third kappa shape index (κ3) is 5.68. The Morgan fingerprint density at radius 2 is 1.68 bits per heavy atom. The first-order valence-electron chi connectivity index (χ1n) is 13.9. The number of aromatic nitrogens is 2. The van der Waals surface area contributed by atoms with Gasteiger partial charge in [0.25, 0.3) is 0 Å². The number of alkyl halides is 3. The fourth-order valence-corrected chi connectivity index (χ4v) is 5.91. The molecule has 41 heavy (non-hydrogen) atoms. The number of hydrogen-bond donors (Lipinski definition) is 1. The van der Waals surface area contributed by atoms with E-state index in [1.165, 1.54) is 6.20 Å². The van der Waals surface area contributed by atoms with E-state index in [0.29, 0.717) is 45.2 Å². The minimum atomic E-state index is -4.50. The van der Waals surface area contributed by atoms with Gasteiger partial charge in [-0.3, -0.25) is 0 Å². The van der Waals surface area contributed by atoms with E-state index in [-0.39, 0.29) is 17.6 Å². The van der Waals surface area contributed by atoms with Crippen molar-refractivity contribution in [3.05, 3.63) is 66.1 Å². The van der Waals surface area contributed by atoms with Gasteiger partial charge in [0.2, 0.25) is 0 Å². The smallest absolute Gasteiger partial charge is 0.434 e. The van der Waals surface area contributed by atoms with E-state index in [9.17, 15) is 18.0 Å². The number of rotatable bonds is 3.